The van der Waals surface area contributed by atoms with Gasteiger partial charge in [-0.2, -0.15) is 0 Å². The minimum Gasteiger partial charge on any atom is -0.357 e. The number of carbonyl (C=O) groups is 2. The minimum absolute atomic E-state index is 0.0486. The van der Waals surface area contributed by atoms with Crippen molar-refractivity contribution in [3.8, 4) is 0 Å². The summed E-state index contributed by atoms with van der Waals surface area (Å²) in [6.07, 6.45) is 3.52. The number of aromatic nitrogens is 1. The van der Waals surface area contributed by atoms with Crippen LogP contribution in [-0.4, -0.2) is 40.6 Å². The Kier molecular flexibility index (Phi) is 6.65. The minimum atomic E-state index is -0.631. The summed E-state index contributed by atoms with van der Waals surface area (Å²) in [4.78, 5) is 31.5. The molecule has 1 saturated heterocycles. The summed E-state index contributed by atoms with van der Waals surface area (Å²) >= 11 is 5.80. The zero-order valence-corrected chi connectivity index (χ0v) is 18.3. The molecule has 3 aromatic rings. The molecular formula is C24H21ClFN5O2. The number of pyridine rings is 1. The third-order valence-corrected chi connectivity index (χ3v) is 5.51. The molecule has 0 radical (unpaired) electrons. The molecule has 9 heteroatoms. The van der Waals surface area contributed by atoms with Crippen LogP contribution in [0, 0.1) is 11.2 Å². The Hall–Kier alpha value is -3.78. The molecule has 4 rings (SSSR count). The highest BCUT2D eigenvalue weighted by Gasteiger charge is 2.18. The van der Waals surface area contributed by atoms with E-state index in [0.29, 0.717) is 16.4 Å². The van der Waals surface area contributed by atoms with Crippen LogP contribution in [0.2, 0.25) is 5.02 Å². The van der Waals surface area contributed by atoms with Gasteiger partial charge >= 0.3 is 0 Å². The van der Waals surface area contributed by atoms with Gasteiger partial charge in [-0.3, -0.25) is 15.0 Å². The molecule has 0 aliphatic carbocycles. The molecule has 2 heterocycles. The number of hydrogen-bond acceptors (Lipinski definition) is 4. The summed E-state index contributed by atoms with van der Waals surface area (Å²) in [5, 5.41) is 13.9. The second-order valence-electron chi connectivity index (χ2n) is 7.58. The molecule has 168 valence electrons. The van der Waals surface area contributed by atoms with Gasteiger partial charge in [0.15, 0.2) is 0 Å². The summed E-state index contributed by atoms with van der Waals surface area (Å²) in [6.45, 7) is 1.73. The molecule has 1 aliphatic rings. The van der Waals surface area contributed by atoms with Gasteiger partial charge in [0.05, 0.1) is 16.3 Å². The number of nitrogens with one attached hydrogen (secondary N) is 3. The van der Waals surface area contributed by atoms with Crippen LogP contribution in [0.4, 0.5) is 15.9 Å². The number of amides is 2. The first-order valence-electron chi connectivity index (χ1n) is 10.4. The van der Waals surface area contributed by atoms with Crippen molar-refractivity contribution in [3.05, 3.63) is 88.3 Å². The fourth-order valence-electron chi connectivity index (χ4n) is 3.54. The Labute approximate surface area is 195 Å². The number of nitrogens with zero attached hydrogens (tertiary/aromatic N) is 2. The molecule has 7 nitrogen and oxygen atoms in total. The second kappa shape index (κ2) is 9.79. The molecule has 0 unspecified atom stereocenters. The van der Waals surface area contributed by atoms with Crippen LogP contribution in [0.5, 0.6) is 0 Å². The Bertz CT molecular complexity index is 1190. The van der Waals surface area contributed by atoms with Crippen molar-refractivity contribution in [1.82, 2.24) is 9.88 Å². The van der Waals surface area contributed by atoms with Crippen molar-refractivity contribution in [2.45, 2.75) is 12.8 Å². The Balaban J connectivity index is 1.49. The average molecular weight is 466 g/mol. The largest absolute Gasteiger partial charge is 0.357 e. The predicted octanol–water partition coefficient (Wildman–Crippen LogP) is 4.80. The molecule has 0 bridgehead atoms. The maximum absolute atomic E-state index is 13.9. The highest BCUT2D eigenvalue weighted by atomic mass is 35.5. The number of likely N-dealkylation sites (tertiary alicyclic amines) is 1. The molecule has 1 aromatic heterocycles. The summed E-state index contributed by atoms with van der Waals surface area (Å²) in [7, 11) is 0. The van der Waals surface area contributed by atoms with Crippen molar-refractivity contribution < 1.29 is 14.0 Å². The number of benzene rings is 2. The van der Waals surface area contributed by atoms with Crippen LogP contribution >= 0.6 is 11.6 Å². The molecule has 2 amide bonds. The van der Waals surface area contributed by atoms with Gasteiger partial charge in [0, 0.05) is 30.4 Å². The Morgan fingerprint density at radius 3 is 2.30 bits per heavy atom. The maximum atomic E-state index is 13.9. The van der Waals surface area contributed by atoms with Crippen LogP contribution in [0.1, 0.15) is 39.1 Å². The van der Waals surface area contributed by atoms with Crippen LogP contribution < -0.4 is 10.6 Å². The number of amidine groups is 1. The highest BCUT2D eigenvalue weighted by molar-refractivity contribution is 6.30. The van der Waals surface area contributed by atoms with E-state index in [4.69, 9.17) is 17.0 Å². The lowest BCUT2D eigenvalue weighted by Gasteiger charge is -2.18. The van der Waals surface area contributed by atoms with Gasteiger partial charge in [0.25, 0.3) is 11.8 Å². The molecule has 0 saturated carbocycles. The maximum Gasteiger partial charge on any atom is 0.259 e. The first kappa shape index (κ1) is 22.4. The average Bonchev–Trinajstić information content (AvgIpc) is 3.36. The van der Waals surface area contributed by atoms with E-state index in [2.05, 4.69) is 15.6 Å². The number of hydrogen-bond donors (Lipinski definition) is 3. The molecule has 0 atom stereocenters. The normalized spacial score (nSPS) is 13.0. The Morgan fingerprint density at radius 1 is 0.939 bits per heavy atom. The van der Waals surface area contributed by atoms with Crippen molar-refractivity contribution in [1.29, 1.82) is 5.41 Å². The molecule has 2 aromatic carbocycles. The van der Waals surface area contributed by atoms with Crippen LogP contribution in [0.3, 0.4) is 0 Å². The van der Waals surface area contributed by atoms with Crippen molar-refractivity contribution in [3.63, 3.8) is 0 Å². The molecule has 3 N–H and O–H groups in total. The van der Waals surface area contributed by atoms with Crippen molar-refractivity contribution in [2.75, 3.05) is 23.7 Å². The fraction of sp³-hybridized carbons (Fsp3) is 0.167. The summed E-state index contributed by atoms with van der Waals surface area (Å²) < 4.78 is 13.9. The SMILES string of the molecule is N=C(c1ccc(C(=O)Nc2ccc(F)cc2C(=O)Nc2ccc(Cl)cn2)cc1)N1CCCC1. The number of rotatable bonds is 5. The molecule has 1 fully saturated rings. The van der Waals surface area contributed by atoms with Crippen LogP contribution in [-0.2, 0) is 0 Å². The summed E-state index contributed by atoms with van der Waals surface area (Å²) in [5.41, 5.74) is 1.18. The van der Waals surface area contributed by atoms with Gasteiger partial charge in [-0.15, -0.1) is 0 Å². The number of carbonyl (C=O) groups excluding carboxylic acids is 2. The Morgan fingerprint density at radius 2 is 1.64 bits per heavy atom. The van der Waals surface area contributed by atoms with Crippen molar-refractivity contribution >= 4 is 40.8 Å². The van der Waals surface area contributed by atoms with Gasteiger partial charge in [0.1, 0.15) is 17.5 Å². The van der Waals surface area contributed by atoms with Gasteiger partial charge in [-0.05, 0) is 55.3 Å². The fourth-order valence-corrected chi connectivity index (χ4v) is 3.66. The van der Waals surface area contributed by atoms with Crippen LogP contribution in [0.15, 0.2) is 60.8 Å². The van der Waals surface area contributed by atoms with E-state index in [9.17, 15) is 14.0 Å². The predicted molar refractivity (Wildman–Crippen MR) is 126 cm³/mol. The van der Waals surface area contributed by atoms with E-state index in [-0.39, 0.29) is 17.1 Å². The molecule has 0 spiro atoms. The summed E-state index contributed by atoms with van der Waals surface area (Å²) in [5.74, 6) is -1.03. The molecule has 1 aliphatic heterocycles. The molecule has 33 heavy (non-hydrogen) atoms. The van der Waals surface area contributed by atoms with E-state index >= 15 is 0 Å². The van der Waals surface area contributed by atoms with E-state index in [1.165, 1.54) is 18.3 Å². The quantitative estimate of drug-likeness (QED) is 0.372. The van der Waals surface area contributed by atoms with Crippen molar-refractivity contribution in [2.24, 2.45) is 0 Å². The van der Waals surface area contributed by atoms with E-state index in [1.807, 2.05) is 4.90 Å². The lowest BCUT2D eigenvalue weighted by molar-refractivity contribution is 0.102. The van der Waals surface area contributed by atoms with Gasteiger partial charge in [-0.25, -0.2) is 9.37 Å². The van der Waals surface area contributed by atoms with Crippen LogP contribution in [0.25, 0.3) is 0 Å². The highest BCUT2D eigenvalue weighted by Crippen LogP contribution is 2.21. The topological polar surface area (TPSA) is 98.2 Å². The zero-order valence-electron chi connectivity index (χ0n) is 17.6. The monoisotopic (exact) mass is 465 g/mol. The van der Waals surface area contributed by atoms with Gasteiger partial charge in [0.2, 0.25) is 0 Å². The number of halogens is 2. The van der Waals surface area contributed by atoms with Gasteiger partial charge < -0.3 is 15.5 Å². The van der Waals surface area contributed by atoms with E-state index in [1.54, 1.807) is 30.3 Å². The third kappa shape index (κ3) is 5.35. The first-order valence-corrected chi connectivity index (χ1v) is 10.8. The zero-order chi connectivity index (χ0) is 23.4. The van der Waals surface area contributed by atoms with Gasteiger partial charge in [-0.1, -0.05) is 23.7 Å². The second-order valence-corrected chi connectivity index (χ2v) is 8.02. The first-order chi connectivity index (χ1) is 15.9. The number of anilines is 2. The third-order valence-electron chi connectivity index (χ3n) is 5.29. The standard InChI is InChI=1S/C24H21ClFN5O2/c25-17-7-10-21(28-14-17)30-24(33)19-13-18(26)8-9-20(19)29-23(32)16-5-3-15(4-6-16)22(27)31-11-1-2-12-31/h3-10,13-14,27H,1-2,11-12H2,(H,29,32)(H,28,30,33). The summed E-state index contributed by atoms with van der Waals surface area (Å²) in [6, 6.07) is 13.3. The van der Waals surface area contributed by atoms with E-state index < -0.39 is 17.6 Å². The molecular weight excluding hydrogens is 445 g/mol. The lowest BCUT2D eigenvalue weighted by atomic mass is 10.1. The van der Waals surface area contributed by atoms with E-state index in [0.717, 1.165) is 43.6 Å². The smallest absolute Gasteiger partial charge is 0.259 e. The lowest BCUT2D eigenvalue weighted by Crippen LogP contribution is -2.27.